The number of rotatable bonds is 5. The van der Waals surface area contributed by atoms with E-state index >= 15 is 0 Å². The first-order valence-electron chi connectivity index (χ1n) is 7.41. The molecule has 0 heterocycles. The zero-order valence-electron chi connectivity index (χ0n) is 11.9. The number of aromatic carboxylic acids is 1. The van der Waals surface area contributed by atoms with Crippen LogP contribution in [-0.4, -0.2) is 17.1 Å². The molecule has 1 unspecified atom stereocenters. The third-order valence-electron chi connectivity index (χ3n) is 4.23. The summed E-state index contributed by atoms with van der Waals surface area (Å²) < 4.78 is 13.9. The van der Waals surface area contributed by atoms with E-state index in [1.165, 1.54) is 37.5 Å². The van der Waals surface area contributed by atoms with E-state index in [4.69, 9.17) is 0 Å². The van der Waals surface area contributed by atoms with Crippen LogP contribution in [-0.2, 0) is 0 Å². The molecule has 1 saturated carbocycles. The van der Waals surface area contributed by atoms with E-state index < -0.39 is 11.8 Å². The predicted octanol–water partition coefficient (Wildman–Crippen LogP) is 4.29. The van der Waals surface area contributed by atoms with Crippen LogP contribution in [0.2, 0.25) is 0 Å². The van der Waals surface area contributed by atoms with Crippen molar-refractivity contribution >= 4 is 11.7 Å². The summed E-state index contributed by atoms with van der Waals surface area (Å²) in [4.78, 5) is 11.2. The highest BCUT2D eigenvalue weighted by molar-refractivity contribution is 5.94. The molecule has 20 heavy (non-hydrogen) atoms. The lowest BCUT2D eigenvalue weighted by Gasteiger charge is -2.31. The van der Waals surface area contributed by atoms with Crippen LogP contribution < -0.4 is 5.32 Å². The Morgan fingerprint density at radius 1 is 1.40 bits per heavy atom. The molecule has 0 amide bonds. The second-order valence-electron chi connectivity index (χ2n) is 5.52. The smallest absolute Gasteiger partial charge is 0.337 e. The van der Waals surface area contributed by atoms with Crippen LogP contribution in [0, 0.1) is 11.7 Å². The molecule has 1 aliphatic rings. The molecular weight excluding hydrogens is 257 g/mol. The third kappa shape index (κ3) is 3.30. The maximum atomic E-state index is 13.9. The number of benzene rings is 1. The molecule has 1 fully saturated rings. The normalized spacial score (nSPS) is 17.7. The minimum atomic E-state index is -1.09. The van der Waals surface area contributed by atoms with Gasteiger partial charge in [0.1, 0.15) is 5.82 Å². The van der Waals surface area contributed by atoms with E-state index in [2.05, 4.69) is 12.2 Å². The molecule has 0 radical (unpaired) electrons. The average Bonchev–Trinajstić information content (AvgIpc) is 2.46. The van der Waals surface area contributed by atoms with Gasteiger partial charge in [0.15, 0.2) is 0 Å². The highest BCUT2D eigenvalue weighted by Crippen LogP contribution is 2.31. The Balaban J connectivity index is 2.20. The van der Waals surface area contributed by atoms with E-state index in [-0.39, 0.29) is 17.3 Å². The van der Waals surface area contributed by atoms with Gasteiger partial charge in [-0.25, -0.2) is 9.18 Å². The molecule has 2 N–H and O–H groups in total. The Hall–Kier alpha value is -1.58. The Bertz CT molecular complexity index is 470. The topological polar surface area (TPSA) is 49.3 Å². The van der Waals surface area contributed by atoms with Crippen molar-refractivity contribution in [3.8, 4) is 0 Å². The van der Waals surface area contributed by atoms with Gasteiger partial charge in [0.25, 0.3) is 0 Å². The van der Waals surface area contributed by atoms with Crippen molar-refractivity contribution in [3.63, 3.8) is 0 Å². The lowest BCUT2D eigenvalue weighted by molar-refractivity contribution is 0.0697. The summed E-state index contributed by atoms with van der Waals surface area (Å²) in [7, 11) is 0. The Kier molecular flexibility index (Phi) is 4.99. The number of carbonyl (C=O) groups is 1. The molecule has 4 heteroatoms. The fraction of sp³-hybridized carbons (Fsp3) is 0.562. The van der Waals surface area contributed by atoms with Crippen molar-refractivity contribution in [2.24, 2.45) is 5.92 Å². The van der Waals surface area contributed by atoms with Crippen molar-refractivity contribution in [3.05, 3.63) is 29.6 Å². The summed E-state index contributed by atoms with van der Waals surface area (Å²) >= 11 is 0. The fourth-order valence-electron chi connectivity index (χ4n) is 3.12. The molecule has 0 aromatic heterocycles. The summed E-state index contributed by atoms with van der Waals surface area (Å²) in [5.41, 5.74) is 0.150. The lowest BCUT2D eigenvalue weighted by Crippen LogP contribution is -2.31. The van der Waals surface area contributed by atoms with Gasteiger partial charge in [0.05, 0.1) is 11.3 Å². The van der Waals surface area contributed by atoms with E-state index in [1.54, 1.807) is 0 Å². The summed E-state index contributed by atoms with van der Waals surface area (Å²) in [6.07, 6.45) is 6.85. The Morgan fingerprint density at radius 2 is 2.10 bits per heavy atom. The molecule has 0 saturated heterocycles. The van der Waals surface area contributed by atoms with E-state index in [9.17, 15) is 14.3 Å². The molecule has 1 aromatic carbocycles. The van der Waals surface area contributed by atoms with Gasteiger partial charge >= 0.3 is 5.97 Å². The van der Waals surface area contributed by atoms with Crippen LogP contribution in [0.25, 0.3) is 0 Å². The number of carboxylic acid groups (broad SMARTS) is 1. The van der Waals surface area contributed by atoms with E-state index in [0.29, 0.717) is 5.92 Å². The zero-order valence-corrected chi connectivity index (χ0v) is 11.9. The number of hydrogen-bond donors (Lipinski definition) is 2. The maximum absolute atomic E-state index is 13.9. The number of carboxylic acids is 1. The van der Waals surface area contributed by atoms with Crippen molar-refractivity contribution in [1.29, 1.82) is 0 Å². The number of para-hydroxylation sites is 1. The highest BCUT2D eigenvalue weighted by Gasteiger charge is 2.24. The predicted molar refractivity (Wildman–Crippen MR) is 77.6 cm³/mol. The summed E-state index contributed by atoms with van der Waals surface area (Å²) in [6.45, 7) is 2.06. The summed E-state index contributed by atoms with van der Waals surface area (Å²) in [6, 6.07) is 4.33. The van der Waals surface area contributed by atoms with Crippen LogP contribution in [0.5, 0.6) is 0 Å². The van der Waals surface area contributed by atoms with E-state index in [0.717, 1.165) is 19.3 Å². The van der Waals surface area contributed by atoms with Crippen LogP contribution in [0.15, 0.2) is 18.2 Å². The van der Waals surface area contributed by atoms with Crippen molar-refractivity contribution in [2.45, 2.75) is 51.5 Å². The Labute approximate surface area is 119 Å². The van der Waals surface area contributed by atoms with Crippen LogP contribution in [0.1, 0.15) is 55.8 Å². The van der Waals surface area contributed by atoms with Gasteiger partial charge in [-0.15, -0.1) is 0 Å². The van der Waals surface area contributed by atoms with Crippen molar-refractivity contribution in [1.82, 2.24) is 0 Å². The molecule has 1 aromatic rings. The number of halogens is 1. The van der Waals surface area contributed by atoms with Gasteiger partial charge in [0, 0.05) is 6.04 Å². The van der Waals surface area contributed by atoms with Gasteiger partial charge in [-0.1, -0.05) is 32.3 Å². The SMILES string of the molecule is CCC(Nc1c(F)cccc1C(=O)O)C1CCCCC1. The van der Waals surface area contributed by atoms with Gasteiger partial charge < -0.3 is 10.4 Å². The molecule has 1 aliphatic carbocycles. The first kappa shape index (κ1) is 14.8. The third-order valence-corrected chi connectivity index (χ3v) is 4.23. The molecule has 2 rings (SSSR count). The van der Waals surface area contributed by atoms with Gasteiger partial charge in [-0.3, -0.25) is 0 Å². The quantitative estimate of drug-likeness (QED) is 0.845. The maximum Gasteiger partial charge on any atom is 0.337 e. The van der Waals surface area contributed by atoms with Crippen molar-refractivity contribution in [2.75, 3.05) is 5.32 Å². The Morgan fingerprint density at radius 3 is 2.70 bits per heavy atom. The summed E-state index contributed by atoms with van der Waals surface area (Å²) in [5, 5.41) is 12.3. The minimum absolute atomic E-state index is 0.0132. The first-order valence-corrected chi connectivity index (χ1v) is 7.41. The van der Waals surface area contributed by atoms with Gasteiger partial charge in [-0.2, -0.15) is 0 Å². The van der Waals surface area contributed by atoms with Gasteiger partial charge in [-0.05, 0) is 37.3 Å². The second kappa shape index (κ2) is 6.73. The van der Waals surface area contributed by atoms with Gasteiger partial charge in [0.2, 0.25) is 0 Å². The molecule has 0 aliphatic heterocycles. The standard InChI is InChI=1S/C16H22FNO2/c1-2-14(11-7-4-3-5-8-11)18-15-12(16(19)20)9-6-10-13(15)17/h6,9-11,14,18H,2-5,7-8H2,1H3,(H,19,20). The first-order chi connectivity index (χ1) is 9.63. The summed E-state index contributed by atoms with van der Waals surface area (Å²) in [5.74, 6) is -1.07. The average molecular weight is 279 g/mol. The largest absolute Gasteiger partial charge is 0.478 e. The number of hydrogen-bond acceptors (Lipinski definition) is 2. The number of anilines is 1. The second-order valence-corrected chi connectivity index (χ2v) is 5.52. The molecule has 1 atom stereocenters. The monoisotopic (exact) mass is 279 g/mol. The van der Waals surface area contributed by atoms with E-state index in [1.807, 2.05) is 0 Å². The molecule has 110 valence electrons. The van der Waals surface area contributed by atoms with Crippen LogP contribution >= 0.6 is 0 Å². The molecule has 3 nitrogen and oxygen atoms in total. The van der Waals surface area contributed by atoms with Crippen LogP contribution in [0.4, 0.5) is 10.1 Å². The zero-order chi connectivity index (χ0) is 14.5. The number of nitrogens with one attached hydrogen (secondary N) is 1. The molecule has 0 bridgehead atoms. The molecular formula is C16H22FNO2. The van der Waals surface area contributed by atoms with Crippen molar-refractivity contribution < 1.29 is 14.3 Å². The lowest BCUT2D eigenvalue weighted by atomic mass is 9.82. The van der Waals surface area contributed by atoms with Crippen LogP contribution in [0.3, 0.4) is 0 Å². The molecule has 0 spiro atoms. The minimum Gasteiger partial charge on any atom is -0.478 e. The fourth-order valence-corrected chi connectivity index (χ4v) is 3.12. The highest BCUT2D eigenvalue weighted by atomic mass is 19.1.